The molecule has 0 aliphatic rings. The molecular weight excluding hydrogens is 414 g/mol. The maximum Gasteiger partial charge on any atom is 0.295 e. The molecule has 0 saturated carbocycles. The van der Waals surface area contributed by atoms with Crippen LogP contribution in [0.3, 0.4) is 0 Å². The summed E-state index contributed by atoms with van der Waals surface area (Å²) in [6.45, 7) is 7.15. The van der Waals surface area contributed by atoms with Crippen LogP contribution in [0.1, 0.15) is 5.69 Å². The zero-order valence-corrected chi connectivity index (χ0v) is 17.2. The van der Waals surface area contributed by atoms with Crippen molar-refractivity contribution in [2.45, 2.75) is 0 Å². The fourth-order valence-corrected chi connectivity index (χ4v) is 3.30. The molecule has 0 saturated heterocycles. The molecule has 9 nitrogen and oxygen atoms in total. The van der Waals surface area contributed by atoms with Gasteiger partial charge in [-0.25, -0.2) is 14.6 Å². The first-order chi connectivity index (χ1) is 16.2. The van der Waals surface area contributed by atoms with E-state index in [1.54, 1.807) is 33.9 Å². The van der Waals surface area contributed by atoms with Crippen LogP contribution in [0.4, 0.5) is 23.1 Å². The maximum atomic E-state index is 9.09. The summed E-state index contributed by atoms with van der Waals surface area (Å²) in [4.78, 5) is 14.8. The number of anilines is 3. The van der Waals surface area contributed by atoms with Gasteiger partial charge in [0.1, 0.15) is 17.7 Å². The number of nitrogens with zero attached hydrogens (tertiary/aromatic N) is 9. The summed E-state index contributed by atoms with van der Waals surface area (Å²) >= 11 is 0. The van der Waals surface area contributed by atoms with Crippen molar-refractivity contribution < 1.29 is 0 Å². The van der Waals surface area contributed by atoms with E-state index >= 15 is 0 Å². The molecular formula is C24H15N9. The molecule has 0 amide bonds. The van der Waals surface area contributed by atoms with E-state index < -0.39 is 0 Å². The first-order valence-corrected chi connectivity index (χ1v) is 9.94. The van der Waals surface area contributed by atoms with Gasteiger partial charge < -0.3 is 4.85 Å². The second-order valence-electron chi connectivity index (χ2n) is 6.87. The summed E-state index contributed by atoms with van der Waals surface area (Å²) < 4.78 is 3.13. The number of hydrogen-bond acceptors (Lipinski definition) is 6. The first kappa shape index (κ1) is 19.7. The summed E-state index contributed by atoms with van der Waals surface area (Å²) in [5, 5.41) is 17.6. The normalized spacial score (nSPS) is 10.4. The second kappa shape index (κ2) is 8.46. The number of rotatable bonds is 5. The average molecular weight is 429 g/mol. The molecule has 0 aliphatic heterocycles. The lowest BCUT2D eigenvalue weighted by molar-refractivity contribution is 0.837. The number of aromatic nitrogens is 6. The minimum Gasteiger partial charge on any atom is -0.359 e. The van der Waals surface area contributed by atoms with Crippen molar-refractivity contribution in [2.24, 2.45) is 0 Å². The van der Waals surface area contributed by atoms with Crippen LogP contribution >= 0.6 is 0 Å². The Morgan fingerprint density at radius 1 is 0.758 bits per heavy atom. The predicted octanol–water partition coefficient (Wildman–Crippen LogP) is 4.74. The molecule has 0 radical (unpaired) electrons. The molecule has 4 heterocycles. The fourth-order valence-electron chi connectivity index (χ4n) is 3.30. The topological polar surface area (TPSA) is 92.8 Å². The summed E-state index contributed by atoms with van der Waals surface area (Å²) in [6, 6.07) is 26.2. The molecule has 0 spiro atoms. The van der Waals surface area contributed by atoms with Gasteiger partial charge in [0.2, 0.25) is 0 Å². The Morgan fingerprint density at radius 3 is 1.97 bits per heavy atom. The molecule has 4 aromatic heterocycles. The monoisotopic (exact) mass is 429 g/mol. The van der Waals surface area contributed by atoms with Gasteiger partial charge in [0.05, 0.1) is 0 Å². The largest absolute Gasteiger partial charge is 0.359 e. The Balaban J connectivity index is 1.61. The predicted molar refractivity (Wildman–Crippen MR) is 122 cm³/mol. The molecule has 33 heavy (non-hydrogen) atoms. The van der Waals surface area contributed by atoms with Gasteiger partial charge in [0, 0.05) is 18.1 Å². The Kier molecular flexibility index (Phi) is 5.04. The minimum atomic E-state index is 0.299. The Hall–Kier alpha value is -5.28. The summed E-state index contributed by atoms with van der Waals surface area (Å²) in [6.07, 6.45) is 3.40. The van der Waals surface area contributed by atoms with Gasteiger partial charge in [-0.1, -0.05) is 36.9 Å². The maximum absolute atomic E-state index is 9.09. The van der Waals surface area contributed by atoms with Crippen molar-refractivity contribution in [2.75, 3.05) is 4.90 Å². The van der Waals surface area contributed by atoms with Crippen LogP contribution in [0.25, 0.3) is 16.5 Å². The molecule has 5 rings (SSSR count). The zero-order valence-electron chi connectivity index (χ0n) is 17.2. The zero-order chi connectivity index (χ0) is 22.6. The quantitative estimate of drug-likeness (QED) is 0.375. The van der Waals surface area contributed by atoms with Crippen LogP contribution in [-0.4, -0.2) is 29.5 Å². The SMILES string of the molecule is [C-]#[N+]c1ccn(-c2cccc(N(c3ccccc3)c3cccc(-n4ccc(C#N)n4)n3)n2)n1. The highest BCUT2D eigenvalue weighted by Crippen LogP contribution is 2.32. The molecule has 0 unspecified atom stereocenters. The Morgan fingerprint density at radius 2 is 1.39 bits per heavy atom. The van der Waals surface area contributed by atoms with E-state index in [0.717, 1.165) is 5.69 Å². The Bertz CT molecular complexity index is 1410. The van der Waals surface area contributed by atoms with E-state index in [0.29, 0.717) is 34.8 Å². The number of pyridine rings is 2. The van der Waals surface area contributed by atoms with E-state index in [1.165, 1.54) is 0 Å². The van der Waals surface area contributed by atoms with Crippen LogP contribution in [0, 0.1) is 17.9 Å². The Labute approximate surface area is 189 Å². The average Bonchev–Trinajstić information content (AvgIpc) is 3.55. The lowest BCUT2D eigenvalue weighted by Gasteiger charge is -2.23. The van der Waals surface area contributed by atoms with E-state index in [1.807, 2.05) is 77.7 Å². The van der Waals surface area contributed by atoms with Crippen molar-refractivity contribution >= 4 is 23.1 Å². The van der Waals surface area contributed by atoms with E-state index in [4.69, 9.17) is 21.8 Å². The van der Waals surface area contributed by atoms with E-state index in [9.17, 15) is 0 Å². The fraction of sp³-hybridized carbons (Fsp3) is 0. The molecule has 1 aromatic carbocycles. The van der Waals surface area contributed by atoms with Gasteiger partial charge >= 0.3 is 0 Å². The summed E-state index contributed by atoms with van der Waals surface area (Å²) in [5.74, 6) is 2.69. The van der Waals surface area contributed by atoms with Crippen LogP contribution in [0.5, 0.6) is 0 Å². The third-order valence-corrected chi connectivity index (χ3v) is 4.77. The van der Waals surface area contributed by atoms with E-state index in [2.05, 4.69) is 15.0 Å². The number of hydrogen-bond donors (Lipinski definition) is 0. The minimum absolute atomic E-state index is 0.299. The van der Waals surface area contributed by atoms with Crippen molar-refractivity contribution in [3.63, 3.8) is 0 Å². The van der Waals surface area contributed by atoms with Crippen molar-refractivity contribution in [3.05, 3.63) is 108 Å². The van der Waals surface area contributed by atoms with Crippen molar-refractivity contribution in [1.29, 1.82) is 5.26 Å². The molecule has 0 bridgehead atoms. The summed E-state index contributed by atoms with van der Waals surface area (Å²) in [7, 11) is 0. The molecule has 0 fully saturated rings. The van der Waals surface area contributed by atoms with Crippen molar-refractivity contribution in [1.82, 2.24) is 29.5 Å². The molecule has 0 N–H and O–H groups in total. The molecule has 156 valence electrons. The van der Waals surface area contributed by atoms with Gasteiger partial charge in [-0.05, 0) is 53.6 Å². The standard InChI is InChI=1S/C24H15N9/c1-26-20-14-16-32(30-20)22-10-6-12-24(28-22)33(19-7-3-2-4-8-19)23-11-5-9-21(27-23)31-15-13-18(17-25)29-31/h2-16H. The van der Waals surface area contributed by atoms with Crippen LogP contribution in [0.15, 0.2) is 91.3 Å². The first-order valence-electron chi connectivity index (χ1n) is 9.94. The van der Waals surface area contributed by atoms with Gasteiger partial charge in [0.15, 0.2) is 17.3 Å². The number of benzene rings is 1. The van der Waals surface area contributed by atoms with Gasteiger partial charge in [-0.2, -0.15) is 10.4 Å². The van der Waals surface area contributed by atoms with Gasteiger partial charge in [-0.15, -0.1) is 4.68 Å². The highest BCUT2D eigenvalue weighted by atomic mass is 15.4. The van der Waals surface area contributed by atoms with Crippen LogP contribution in [-0.2, 0) is 0 Å². The van der Waals surface area contributed by atoms with Crippen LogP contribution < -0.4 is 4.90 Å². The van der Waals surface area contributed by atoms with Gasteiger partial charge in [0.25, 0.3) is 5.82 Å². The molecule has 9 heteroatoms. The molecule has 5 aromatic rings. The highest BCUT2D eigenvalue weighted by molar-refractivity contribution is 5.72. The second-order valence-corrected chi connectivity index (χ2v) is 6.87. The highest BCUT2D eigenvalue weighted by Gasteiger charge is 2.17. The smallest absolute Gasteiger partial charge is 0.295 e. The summed E-state index contributed by atoms with van der Waals surface area (Å²) in [5.41, 5.74) is 1.18. The number of para-hydroxylation sites is 1. The van der Waals surface area contributed by atoms with Crippen LogP contribution in [0.2, 0.25) is 0 Å². The molecule has 0 aliphatic carbocycles. The molecule has 0 atom stereocenters. The third-order valence-electron chi connectivity index (χ3n) is 4.77. The number of nitriles is 1. The van der Waals surface area contributed by atoms with Gasteiger partial charge in [-0.3, -0.25) is 4.90 Å². The van der Waals surface area contributed by atoms with E-state index in [-0.39, 0.29) is 0 Å². The lowest BCUT2D eigenvalue weighted by atomic mass is 10.2. The third kappa shape index (κ3) is 3.90. The van der Waals surface area contributed by atoms with Crippen molar-refractivity contribution in [3.8, 4) is 17.7 Å². The lowest BCUT2D eigenvalue weighted by Crippen LogP contribution is -2.15.